The first kappa shape index (κ1) is 18.8. The third kappa shape index (κ3) is 4.06. The molecule has 1 heterocycles. The van der Waals surface area contributed by atoms with Crippen molar-refractivity contribution in [2.75, 3.05) is 20.6 Å². The smallest absolute Gasteiger partial charge is 0.224 e. The molecule has 0 aliphatic carbocycles. The number of hydrogen-bond acceptors (Lipinski definition) is 3. The second-order valence-electron chi connectivity index (χ2n) is 6.35. The molecule has 0 fully saturated rings. The molecule has 0 aliphatic rings. The maximum Gasteiger partial charge on any atom is 0.224 e. The molecule has 1 N–H and O–H groups in total. The van der Waals surface area contributed by atoms with Gasteiger partial charge in [-0.3, -0.25) is 4.79 Å². The zero-order valence-corrected chi connectivity index (χ0v) is 16.2. The van der Waals surface area contributed by atoms with Crippen molar-refractivity contribution in [3.05, 3.63) is 69.8 Å². The lowest BCUT2D eigenvalue weighted by Crippen LogP contribution is -2.35. The van der Waals surface area contributed by atoms with E-state index >= 15 is 0 Å². The number of hydrogen-bond donors (Lipinski definition) is 1. The summed E-state index contributed by atoms with van der Waals surface area (Å²) < 4.78 is 15.1. The second kappa shape index (κ2) is 8.16. The van der Waals surface area contributed by atoms with Gasteiger partial charge in [-0.15, -0.1) is 11.3 Å². The lowest BCUT2D eigenvalue weighted by Gasteiger charge is -2.24. The quantitative estimate of drug-likeness (QED) is 0.664. The Morgan fingerprint density at radius 2 is 2.00 bits per heavy atom. The van der Waals surface area contributed by atoms with Crippen molar-refractivity contribution >= 4 is 38.9 Å². The van der Waals surface area contributed by atoms with Gasteiger partial charge in [0.25, 0.3) is 0 Å². The van der Waals surface area contributed by atoms with Gasteiger partial charge in [0, 0.05) is 21.8 Å². The minimum atomic E-state index is -0.458. The SMILES string of the molecule is CN(C)[C@H](CNC(=O)Cc1c(F)cccc1Cl)c1csc2ccccc12. The third-order valence-corrected chi connectivity index (χ3v) is 5.72. The summed E-state index contributed by atoms with van der Waals surface area (Å²) in [5.41, 5.74) is 1.41. The first-order valence-corrected chi connectivity index (χ1v) is 9.55. The molecule has 0 radical (unpaired) electrons. The Hall–Kier alpha value is -1.95. The molecule has 0 saturated carbocycles. The number of amides is 1. The summed E-state index contributed by atoms with van der Waals surface area (Å²) in [6.07, 6.45) is -0.0734. The van der Waals surface area contributed by atoms with E-state index in [1.165, 1.54) is 27.8 Å². The Bertz CT molecular complexity index is 905. The molecule has 0 saturated heterocycles. The normalized spacial score (nSPS) is 12.5. The van der Waals surface area contributed by atoms with E-state index in [4.69, 9.17) is 11.6 Å². The number of halogens is 2. The second-order valence-corrected chi connectivity index (χ2v) is 7.67. The molecule has 26 heavy (non-hydrogen) atoms. The van der Waals surface area contributed by atoms with E-state index in [2.05, 4.69) is 27.7 Å². The molecular formula is C20H20ClFN2OS. The van der Waals surface area contributed by atoms with Gasteiger partial charge in [0.1, 0.15) is 5.82 Å². The van der Waals surface area contributed by atoms with Gasteiger partial charge in [-0.25, -0.2) is 4.39 Å². The third-order valence-electron chi connectivity index (χ3n) is 4.38. The number of benzene rings is 2. The van der Waals surface area contributed by atoms with Gasteiger partial charge in [-0.2, -0.15) is 0 Å². The molecular weight excluding hydrogens is 371 g/mol. The predicted molar refractivity (Wildman–Crippen MR) is 106 cm³/mol. The maximum atomic E-state index is 13.9. The molecule has 0 spiro atoms. The van der Waals surface area contributed by atoms with Gasteiger partial charge in [0.15, 0.2) is 0 Å². The fourth-order valence-electron chi connectivity index (χ4n) is 2.96. The van der Waals surface area contributed by atoms with Crippen LogP contribution < -0.4 is 5.32 Å². The van der Waals surface area contributed by atoms with E-state index in [1.54, 1.807) is 17.4 Å². The fraction of sp³-hybridized carbons (Fsp3) is 0.250. The molecule has 3 aromatic rings. The zero-order valence-electron chi connectivity index (χ0n) is 14.6. The number of carbonyl (C=O) groups excluding carboxylic acids is 1. The monoisotopic (exact) mass is 390 g/mol. The van der Waals surface area contributed by atoms with Crippen molar-refractivity contribution in [2.24, 2.45) is 0 Å². The molecule has 3 nitrogen and oxygen atoms in total. The topological polar surface area (TPSA) is 32.3 Å². The summed E-state index contributed by atoms with van der Waals surface area (Å²) in [4.78, 5) is 14.4. The van der Waals surface area contributed by atoms with Crippen LogP contribution in [0.25, 0.3) is 10.1 Å². The largest absolute Gasteiger partial charge is 0.354 e. The molecule has 136 valence electrons. The maximum absolute atomic E-state index is 13.9. The van der Waals surface area contributed by atoms with Crippen LogP contribution in [-0.2, 0) is 11.2 Å². The van der Waals surface area contributed by atoms with Crippen LogP contribution in [0.4, 0.5) is 4.39 Å². The van der Waals surface area contributed by atoms with Gasteiger partial charge in [0.2, 0.25) is 5.91 Å². The van der Waals surface area contributed by atoms with E-state index < -0.39 is 5.82 Å². The molecule has 1 amide bonds. The highest BCUT2D eigenvalue weighted by Gasteiger charge is 2.20. The number of carbonyl (C=O) groups is 1. The van der Waals surface area contributed by atoms with E-state index in [-0.39, 0.29) is 29.0 Å². The molecule has 6 heteroatoms. The summed E-state index contributed by atoms with van der Waals surface area (Å²) in [5, 5.41) is 6.52. The van der Waals surface area contributed by atoms with Gasteiger partial charge in [0.05, 0.1) is 12.5 Å². The van der Waals surface area contributed by atoms with Crippen LogP contribution in [0.5, 0.6) is 0 Å². The van der Waals surface area contributed by atoms with Crippen molar-refractivity contribution in [2.45, 2.75) is 12.5 Å². The van der Waals surface area contributed by atoms with Crippen molar-refractivity contribution in [3.63, 3.8) is 0 Å². The van der Waals surface area contributed by atoms with Crippen LogP contribution >= 0.6 is 22.9 Å². The minimum Gasteiger partial charge on any atom is -0.354 e. The first-order chi connectivity index (χ1) is 12.5. The molecule has 1 aromatic heterocycles. The van der Waals surface area contributed by atoms with Crippen LogP contribution in [0.1, 0.15) is 17.2 Å². The highest BCUT2D eigenvalue weighted by atomic mass is 35.5. The number of likely N-dealkylation sites (N-methyl/N-ethyl adjacent to an activating group) is 1. The van der Waals surface area contributed by atoms with E-state index in [9.17, 15) is 9.18 Å². The molecule has 0 bridgehead atoms. The average molecular weight is 391 g/mol. The molecule has 3 rings (SSSR count). The van der Waals surface area contributed by atoms with Gasteiger partial charge >= 0.3 is 0 Å². The minimum absolute atomic E-state index is 0.0335. The van der Waals surface area contributed by atoms with Crippen LogP contribution in [0, 0.1) is 5.82 Å². The summed E-state index contributed by atoms with van der Waals surface area (Å²) >= 11 is 7.70. The number of fused-ring (bicyclic) bond motifs is 1. The Morgan fingerprint density at radius 1 is 1.23 bits per heavy atom. The Labute approximate surface area is 161 Å². The van der Waals surface area contributed by atoms with Gasteiger partial charge in [-0.1, -0.05) is 35.9 Å². The number of rotatable bonds is 6. The van der Waals surface area contributed by atoms with Crippen molar-refractivity contribution in [1.82, 2.24) is 10.2 Å². The molecule has 1 atom stereocenters. The van der Waals surface area contributed by atoms with Crippen LogP contribution in [0.15, 0.2) is 47.8 Å². The van der Waals surface area contributed by atoms with Crippen molar-refractivity contribution in [3.8, 4) is 0 Å². The Kier molecular flexibility index (Phi) is 5.91. The van der Waals surface area contributed by atoms with Gasteiger partial charge in [-0.05, 0) is 48.6 Å². The highest BCUT2D eigenvalue weighted by Crippen LogP contribution is 2.32. The summed E-state index contributed by atoms with van der Waals surface area (Å²) in [7, 11) is 3.97. The predicted octanol–water partition coefficient (Wildman–Crippen LogP) is 4.66. The fourth-order valence-corrected chi connectivity index (χ4v) is 4.20. The lowest BCUT2D eigenvalue weighted by molar-refractivity contribution is -0.120. The van der Waals surface area contributed by atoms with Crippen LogP contribution in [-0.4, -0.2) is 31.4 Å². The van der Waals surface area contributed by atoms with E-state index in [0.29, 0.717) is 6.54 Å². The number of nitrogens with zero attached hydrogens (tertiary/aromatic N) is 1. The average Bonchev–Trinajstić information content (AvgIpc) is 3.02. The standard InChI is InChI=1S/C20H20ClFN2OS/c1-24(2)18(15-12-26-19-9-4-3-6-13(15)19)11-23-20(25)10-14-16(21)7-5-8-17(14)22/h3-9,12,18H,10-11H2,1-2H3,(H,23,25)/t18-/m1/s1. The number of nitrogens with one attached hydrogen (secondary N) is 1. The first-order valence-electron chi connectivity index (χ1n) is 8.29. The van der Waals surface area contributed by atoms with Crippen molar-refractivity contribution in [1.29, 1.82) is 0 Å². The summed E-state index contributed by atoms with van der Waals surface area (Å²) in [6, 6.07) is 12.7. The molecule has 0 aliphatic heterocycles. The highest BCUT2D eigenvalue weighted by molar-refractivity contribution is 7.17. The van der Waals surface area contributed by atoms with Crippen LogP contribution in [0.2, 0.25) is 5.02 Å². The number of thiophene rings is 1. The molecule has 2 aromatic carbocycles. The lowest BCUT2D eigenvalue weighted by atomic mass is 10.0. The van der Waals surface area contributed by atoms with E-state index in [0.717, 1.165) is 0 Å². The zero-order chi connectivity index (χ0) is 18.7. The Balaban J connectivity index is 1.72. The van der Waals surface area contributed by atoms with Crippen molar-refractivity contribution < 1.29 is 9.18 Å². The van der Waals surface area contributed by atoms with Crippen LogP contribution in [0.3, 0.4) is 0 Å². The molecule has 0 unspecified atom stereocenters. The summed E-state index contributed by atoms with van der Waals surface area (Å²) in [5.74, 6) is -0.705. The van der Waals surface area contributed by atoms with E-state index in [1.807, 2.05) is 26.2 Å². The van der Waals surface area contributed by atoms with Gasteiger partial charge < -0.3 is 10.2 Å². The Morgan fingerprint density at radius 3 is 2.73 bits per heavy atom. The summed E-state index contributed by atoms with van der Waals surface area (Å²) in [6.45, 7) is 0.443.